The second-order valence-electron chi connectivity index (χ2n) is 4.11. The summed E-state index contributed by atoms with van der Waals surface area (Å²) in [5, 5.41) is 12.2. The maximum absolute atomic E-state index is 8.59. The Morgan fingerprint density at radius 3 is 2.36 bits per heavy atom. The van der Waals surface area contributed by atoms with Gasteiger partial charge in [-0.05, 0) is 12.8 Å². The first-order valence-electron chi connectivity index (χ1n) is 5.06. The van der Waals surface area contributed by atoms with Crippen LogP contribution in [0.5, 0.6) is 0 Å². The van der Waals surface area contributed by atoms with Gasteiger partial charge < -0.3 is 10.4 Å². The molecule has 3 saturated heterocycles. The first kappa shape index (κ1) is 12.6. The van der Waals surface area contributed by atoms with Gasteiger partial charge in [0, 0.05) is 37.0 Å². The van der Waals surface area contributed by atoms with Gasteiger partial charge >= 0.3 is 0 Å². The van der Waals surface area contributed by atoms with Crippen molar-refractivity contribution in [2.75, 3.05) is 26.2 Å². The largest absolute Gasteiger partial charge is 0.395 e. The van der Waals surface area contributed by atoms with Gasteiger partial charge in [0.1, 0.15) is 0 Å². The van der Waals surface area contributed by atoms with Crippen molar-refractivity contribution in [3.05, 3.63) is 0 Å². The number of hydrogen-bond acceptors (Lipinski definition) is 4. The van der Waals surface area contributed by atoms with Crippen LogP contribution < -0.4 is 5.32 Å². The van der Waals surface area contributed by atoms with Crippen LogP contribution in [0.1, 0.15) is 12.8 Å². The maximum Gasteiger partial charge on any atom is 0.0585 e. The van der Waals surface area contributed by atoms with Crippen LogP contribution >= 0.6 is 25.0 Å². The Balaban J connectivity index is 0.000000140. The Morgan fingerprint density at radius 2 is 2.21 bits per heavy atom. The number of halogens is 1. The Morgan fingerprint density at radius 1 is 1.50 bits per heavy atom. The average molecular weight is 239 g/mol. The van der Waals surface area contributed by atoms with E-state index in [0.29, 0.717) is 11.3 Å². The molecule has 0 spiro atoms. The summed E-state index contributed by atoms with van der Waals surface area (Å²) < 4.78 is 0. The molecule has 4 atom stereocenters. The Bertz CT molecular complexity index is 172. The topological polar surface area (TPSA) is 35.3 Å². The first-order chi connectivity index (χ1) is 6.29. The second kappa shape index (κ2) is 5.56. The first-order valence-corrected chi connectivity index (χ1v) is 5.57. The summed E-state index contributed by atoms with van der Waals surface area (Å²) in [4.78, 5) is 2.47. The zero-order valence-electron chi connectivity index (χ0n) is 8.22. The molecule has 0 bridgehead atoms. The fourth-order valence-electron chi connectivity index (χ4n) is 1.84. The zero-order valence-corrected chi connectivity index (χ0v) is 9.94. The molecule has 3 heterocycles. The third kappa shape index (κ3) is 3.28. The predicted octanol–water partition coefficient (Wildman–Crippen LogP) is 0.135. The summed E-state index contributed by atoms with van der Waals surface area (Å²) in [6, 6.07) is 1.37. The number of rotatable bonds is 1. The lowest BCUT2D eigenvalue weighted by Crippen LogP contribution is -2.24. The molecule has 3 nitrogen and oxygen atoms in total. The van der Waals surface area contributed by atoms with Gasteiger partial charge in [-0.25, -0.2) is 0 Å². The fraction of sp³-hybridized carbons (Fsp3) is 1.00. The van der Waals surface area contributed by atoms with E-state index in [1.54, 1.807) is 0 Å². The molecule has 14 heavy (non-hydrogen) atoms. The Kier molecular flexibility index (Phi) is 5.00. The number of hydrogen-bond donors (Lipinski definition) is 3. The van der Waals surface area contributed by atoms with E-state index in [0.717, 1.165) is 19.0 Å². The number of nitrogens with one attached hydrogen (secondary N) is 1. The highest BCUT2D eigenvalue weighted by Gasteiger charge is 2.41. The van der Waals surface area contributed by atoms with Crippen molar-refractivity contribution in [2.24, 2.45) is 0 Å². The lowest BCUT2D eigenvalue weighted by atomic mass is 10.2. The van der Waals surface area contributed by atoms with Crippen LogP contribution in [0, 0.1) is 0 Å². The maximum atomic E-state index is 8.59. The van der Waals surface area contributed by atoms with Gasteiger partial charge in [0.2, 0.25) is 0 Å². The quantitative estimate of drug-likeness (QED) is 0.449. The molecular weight excluding hydrogens is 220 g/mol. The molecular formula is C9H19ClN2OS. The molecule has 84 valence electrons. The van der Waals surface area contributed by atoms with Crippen LogP contribution in [0.3, 0.4) is 0 Å². The number of nitrogens with zero attached hydrogens (tertiary/aromatic N) is 1. The SMILES string of the molecule is C1CN2C[C@@H]12.Cl.OC[C@@H]1C[C@H](S)CN1. The smallest absolute Gasteiger partial charge is 0.0585 e. The van der Waals surface area contributed by atoms with Gasteiger partial charge in [0.25, 0.3) is 0 Å². The predicted molar refractivity (Wildman–Crippen MR) is 63.5 cm³/mol. The van der Waals surface area contributed by atoms with Crippen molar-refractivity contribution in [3.63, 3.8) is 0 Å². The molecule has 3 aliphatic heterocycles. The van der Waals surface area contributed by atoms with E-state index in [9.17, 15) is 0 Å². The Hall–Kier alpha value is 0.520. The van der Waals surface area contributed by atoms with Crippen molar-refractivity contribution in [2.45, 2.75) is 30.2 Å². The van der Waals surface area contributed by atoms with Gasteiger partial charge in [-0.3, -0.25) is 4.90 Å². The average Bonchev–Trinajstić information content (AvgIpc) is 2.52. The van der Waals surface area contributed by atoms with Gasteiger partial charge in [-0.15, -0.1) is 12.4 Å². The number of thiol groups is 1. The van der Waals surface area contributed by atoms with Crippen LogP contribution in [0.4, 0.5) is 0 Å². The normalized spacial score (nSPS) is 42.4. The van der Waals surface area contributed by atoms with Gasteiger partial charge in [-0.1, -0.05) is 0 Å². The van der Waals surface area contributed by atoms with Crippen LogP contribution in [0.25, 0.3) is 0 Å². The van der Waals surface area contributed by atoms with Gasteiger partial charge in [0.15, 0.2) is 0 Å². The minimum absolute atomic E-state index is 0. The summed E-state index contributed by atoms with van der Waals surface area (Å²) in [5.41, 5.74) is 0. The molecule has 3 fully saturated rings. The van der Waals surface area contributed by atoms with E-state index < -0.39 is 0 Å². The highest BCUT2D eigenvalue weighted by molar-refractivity contribution is 7.81. The van der Waals surface area contributed by atoms with Crippen LogP contribution in [-0.4, -0.2) is 53.6 Å². The number of fused-ring (bicyclic) bond motifs is 1. The summed E-state index contributed by atoms with van der Waals surface area (Å²) in [5.74, 6) is 0. The minimum atomic E-state index is 0. The molecule has 5 heteroatoms. The van der Waals surface area contributed by atoms with Crippen molar-refractivity contribution in [1.82, 2.24) is 10.2 Å². The van der Waals surface area contributed by atoms with Crippen molar-refractivity contribution in [1.29, 1.82) is 0 Å². The van der Waals surface area contributed by atoms with Gasteiger partial charge in [-0.2, -0.15) is 12.6 Å². The molecule has 0 aromatic rings. The van der Waals surface area contributed by atoms with Crippen molar-refractivity contribution < 1.29 is 5.11 Å². The molecule has 0 radical (unpaired) electrons. The minimum Gasteiger partial charge on any atom is -0.395 e. The lowest BCUT2D eigenvalue weighted by Gasteiger charge is -2.08. The third-order valence-corrected chi connectivity index (χ3v) is 3.39. The van der Waals surface area contributed by atoms with Crippen molar-refractivity contribution >= 4 is 25.0 Å². The van der Waals surface area contributed by atoms with E-state index in [2.05, 4.69) is 22.8 Å². The highest BCUT2D eigenvalue weighted by Crippen LogP contribution is 2.30. The third-order valence-electron chi connectivity index (χ3n) is 3.00. The van der Waals surface area contributed by atoms with Crippen LogP contribution in [-0.2, 0) is 0 Å². The number of aliphatic hydroxyl groups excluding tert-OH is 1. The van der Waals surface area contributed by atoms with Crippen molar-refractivity contribution in [3.8, 4) is 0 Å². The van der Waals surface area contributed by atoms with E-state index in [4.69, 9.17) is 5.11 Å². The summed E-state index contributed by atoms with van der Waals surface area (Å²) >= 11 is 4.23. The number of aliphatic hydroxyl groups is 1. The van der Waals surface area contributed by atoms with E-state index in [1.807, 2.05) is 0 Å². The van der Waals surface area contributed by atoms with E-state index in [-0.39, 0.29) is 19.0 Å². The second-order valence-corrected chi connectivity index (χ2v) is 4.85. The van der Waals surface area contributed by atoms with Gasteiger partial charge in [0.05, 0.1) is 6.61 Å². The molecule has 0 saturated carbocycles. The highest BCUT2D eigenvalue weighted by atomic mass is 35.5. The zero-order chi connectivity index (χ0) is 9.26. The molecule has 0 aliphatic carbocycles. The standard InChI is InChI=1S/C5H11NOS.C4H7N.ClH/c7-3-4-1-5(8)2-6-4;1-2-5-3-4(1)5;/h4-8H,1-3H2;4H,1-3H2;1H/t4-,5-;4-,5?;/m01./s1. The van der Waals surface area contributed by atoms with Crippen LogP contribution in [0.15, 0.2) is 0 Å². The molecule has 3 aliphatic rings. The molecule has 0 amide bonds. The molecule has 0 aromatic heterocycles. The van der Waals surface area contributed by atoms with E-state index >= 15 is 0 Å². The Labute approximate surface area is 97.1 Å². The van der Waals surface area contributed by atoms with E-state index in [1.165, 1.54) is 19.5 Å². The molecule has 1 unspecified atom stereocenters. The van der Waals surface area contributed by atoms with Crippen LogP contribution in [0.2, 0.25) is 0 Å². The summed E-state index contributed by atoms with van der Waals surface area (Å²) in [6.45, 7) is 4.00. The fourth-order valence-corrected chi connectivity index (χ4v) is 2.20. The monoisotopic (exact) mass is 238 g/mol. The molecule has 0 aromatic carbocycles. The molecule has 3 rings (SSSR count). The summed E-state index contributed by atoms with van der Waals surface area (Å²) in [6.07, 6.45) is 2.49. The lowest BCUT2D eigenvalue weighted by molar-refractivity contribution is 0.255. The molecule has 2 N–H and O–H groups in total. The summed E-state index contributed by atoms with van der Waals surface area (Å²) in [7, 11) is 0.